The largest absolute Gasteiger partial charge is 0.412 e. The maximum atomic E-state index is 13.4. The second-order valence-corrected chi connectivity index (χ2v) is 7.08. The highest BCUT2D eigenvalue weighted by atomic mass is 16.2. The smallest absolute Gasteiger partial charge is 0.405 e. The van der Waals surface area contributed by atoms with Crippen LogP contribution in [0.15, 0.2) is 97.1 Å². The molecule has 0 bridgehead atoms. The summed E-state index contributed by atoms with van der Waals surface area (Å²) in [7, 11) is 0. The molecule has 28 heavy (non-hydrogen) atoms. The van der Waals surface area contributed by atoms with Crippen molar-refractivity contribution < 1.29 is 4.79 Å². The number of hydrogen-bond acceptors (Lipinski definition) is 2. The Hall–Kier alpha value is -3.53. The summed E-state index contributed by atoms with van der Waals surface area (Å²) in [6.45, 7) is 0.322. The van der Waals surface area contributed by atoms with Gasteiger partial charge in [-0.1, -0.05) is 84.9 Å². The Balaban J connectivity index is 1.65. The number of carbonyl (C=O) groups excluding carboxylic acids is 1. The molecular weight excluding hydrogens is 343 g/mol. The number of nitrogens with zero attached hydrogens (tertiary/aromatic N) is 1. The van der Waals surface area contributed by atoms with E-state index in [-0.39, 0.29) is 12.9 Å². The third kappa shape index (κ3) is 2.83. The van der Waals surface area contributed by atoms with Crippen LogP contribution in [0.25, 0.3) is 10.8 Å². The third-order valence-electron chi connectivity index (χ3n) is 5.34. The molecule has 134 valence electrons. The van der Waals surface area contributed by atoms with Gasteiger partial charge in [0.2, 0.25) is 5.91 Å². The highest BCUT2D eigenvalue weighted by molar-refractivity contribution is 6.79. The molecule has 1 N–H and O–H groups in total. The highest BCUT2D eigenvalue weighted by Gasteiger charge is 2.37. The van der Waals surface area contributed by atoms with Gasteiger partial charge in [0.15, 0.2) is 0 Å². The van der Waals surface area contributed by atoms with Crippen molar-refractivity contribution >= 4 is 34.8 Å². The number of nitrogens with one attached hydrogen (secondary N) is 1. The highest BCUT2D eigenvalue weighted by Crippen LogP contribution is 2.26. The minimum atomic E-state index is -0.228. The zero-order valence-electron chi connectivity index (χ0n) is 15.4. The number of fused-ring (bicyclic) bond motifs is 2. The maximum Gasteiger partial charge on any atom is 0.412 e. The standard InChI is InChI=1S/C24H19BN2O/c28-24-21-14-6-7-16-23(21)26-25(27(24)17-18-9-2-1-3-10-18)22-15-8-12-19-11-4-5-13-20(19)22/h1-16,26H,17H2. The Morgan fingerprint density at radius 1 is 0.750 bits per heavy atom. The quantitative estimate of drug-likeness (QED) is 0.551. The fraction of sp³-hybridized carbons (Fsp3) is 0.0417. The van der Waals surface area contributed by atoms with Crippen molar-refractivity contribution in [2.75, 3.05) is 5.23 Å². The molecule has 1 amide bonds. The normalized spacial score (nSPS) is 13.4. The van der Waals surface area contributed by atoms with E-state index in [1.54, 1.807) is 0 Å². The number of para-hydroxylation sites is 1. The number of hydrogen-bond donors (Lipinski definition) is 1. The molecule has 5 rings (SSSR count). The second kappa shape index (κ2) is 6.89. The van der Waals surface area contributed by atoms with Crippen LogP contribution in [0.3, 0.4) is 0 Å². The Morgan fingerprint density at radius 3 is 2.36 bits per heavy atom. The lowest BCUT2D eigenvalue weighted by atomic mass is 9.62. The summed E-state index contributed by atoms with van der Waals surface area (Å²) in [5.74, 6) is 0.0520. The number of amides is 1. The van der Waals surface area contributed by atoms with Crippen molar-refractivity contribution in [3.05, 3.63) is 108 Å². The van der Waals surface area contributed by atoms with Gasteiger partial charge in [-0.2, -0.15) is 0 Å². The summed E-state index contributed by atoms with van der Waals surface area (Å²) in [6.07, 6.45) is 0. The van der Waals surface area contributed by atoms with Crippen LogP contribution in [0.2, 0.25) is 0 Å². The summed E-state index contributed by atoms with van der Waals surface area (Å²) in [4.78, 5) is 15.4. The van der Waals surface area contributed by atoms with Crippen molar-refractivity contribution in [1.82, 2.24) is 4.81 Å². The fourth-order valence-electron chi connectivity index (χ4n) is 3.97. The predicted molar refractivity (Wildman–Crippen MR) is 116 cm³/mol. The van der Waals surface area contributed by atoms with Crippen LogP contribution >= 0.6 is 0 Å². The van der Waals surface area contributed by atoms with Gasteiger partial charge >= 0.3 is 6.98 Å². The Labute approximate surface area is 164 Å². The van der Waals surface area contributed by atoms with Gasteiger partial charge < -0.3 is 10.0 Å². The van der Waals surface area contributed by atoms with E-state index in [0.717, 1.165) is 27.7 Å². The lowest BCUT2D eigenvalue weighted by Crippen LogP contribution is -2.59. The third-order valence-corrected chi connectivity index (χ3v) is 5.34. The minimum absolute atomic E-state index is 0.0520. The average Bonchev–Trinajstić information content (AvgIpc) is 2.76. The molecule has 1 aliphatic heterocycles. The first-order chi connectivity index (χ1) is 13.8. The Kier molecular flexibility index (Phi) is 4.10. The van der Waals surface area contributed by atoms with Crippen LogP contribution in [0.5, 0.6) is 0 Å². The van der Waals surface area contributed by atoms with Crippen molar-refractivity contribution in [2.45, 2.75) is 6.54 Å². The first-order valence-corrected chi connectivity index (χ1v) is 9.49. The van der Waals surface area contributed by atoms with Gasteiger partial charge in [0.25, 0.3) is 0 Å². The molecule has 4 aromatic rings. The van der Waals surface area contributed by atoms with Gasteiger partial charge in [-0.05, 0) is 33.9 Å². The molecular formula is C24H19BN2O. The van der Waals surface area contributed by atoms with E-state index >= 15 is 0 Å². The molecule has 0 unspecified atom stereocenters. The van der Waals surface area contributed by atoms with Crippen molar-refractivity contribution in [3.63, 3.8) is 0 Å². The number of carbonyl (C=O) groups is 1. The van der Waals surface area contributed by atoms with E-state index in [4.69, 9.17) is 0 Å². The van der Waals surface area contributed by atoms with Crippen molar-refractivity contribution in [2.24, 2.45) is 0 Å². The van der Waals surface area contributed by atoms with E-state index < -0.39 is 0 Å². The SMILES string of the molecule is O=C1c2ccccc2NB(c2cccc3ccccc23)N1Cc1ccccc1. The van der Waals surface area contributed by atoms with Crippen LogP contribution in [0, 0.1) is 0 Å². The summed E-state index contributed by atoms with van der Waals surface area (Å²) in [5.41, 5.74) is 3.82. The fourth-order valence-corrected chi connectivity index (χ4v) is 3.97. The molecule has 3 nitrogen and oxygen atoms in total. The molecule has 4 heteroatoms. The van der Waals surface area contributed by atoms with Crippen LogP contribution in [0.1, 0.15) is 15.9 Å². The molecule has 0 fully saturated rings. The van der Waals surface area contributed by atoms with Crippen LogP contribution in [-0.2, 0) is 6.54 Å². The average molecular weight is 362 g/mol. The van der Waals surface area contributed by atoms with E-state index in [0.29, 0.717) is 6.54 Å². The second-order valence-electron chi connectivity index (χ2n) is 7.08. The summed E-state index contributed by atoms with van der Waals surface area (Å²) < 4.78 is 0. The summed E-state index contributed by atoms with van der Waals surface area (Å²) in [5, 5.41) is 5.95. The topological polar surface area (TPSA) is 32.3 Å². The molecule has 0 spiro atoms. The molecule has 0 aliphatic carbocycles. The van der Waals surface area contributed by atoms with Crippen LogP contribution in [-0.4, -0.2) is 17.7 Å². The molecule has 0 atom stereocenters. The monoisotopic (exact) mass is 362 g/mol. The lowest BCUT2D eigenvalue weighted by molar-refractivity contribution is 0.0847. The molecule has 1 aliphatic rings. The summed E-state index contributed by atoms with van der Waals surface area (Å²) in [6, 6.07) is 32.5. The summed E-state index contributed by atoms with van der Waals surface area (Å²) >= 11 is 0. The lowest BCUT2D eigenvalue weighted by Gasteiger charge is -2.36. The van der Waals surface area contributed by atoms with E-state index in [9.17, 15) is 4.79 Å². The van der Waals surface area contributed by atoms with Gasteiger partial charge in [-0.25, -0.2) is 0 Å². The predicted octanol–water partition coefficient (Wildman–Crippen LogP) is 4.30. The van der Waals surface area contributed by atoms with Gasteiger partial charge in [-0.15, -0.1) is 0 Å². The number of benzene rings is 4. The van der Waals surface area contributed by atoms with Crippen LogP contribution < -0.4 is 10.7 Å². The first-order valence-electron chi connectivity index (χ1n) is 9.49. The molecule has 0 radical (unpaired) electrons. The van der Waals surface area contributed by atoms with E-state index in [2.05, 4.69) is 47.7 Å². The van der Waals surface area contributed by atoms with Gasteiger partial charge in [-0.3, -0.25) is 4.79 Å². The van der Waals surface area contributed by atoms with Gasteiger partial charge in [0.05, 0.1) is 5.56 Å². The maximum absolute atomic E-state index is 13.4. The van der Waals surface area contributed by atoms with Crippen molar-refractivity contribution in [3.8, 4) is 0 Å². The number of anilines is 1. The molecule has 4 aromatic carbocycles. The minimum Gasteiger partial charge on any atom is -0.405 e. The zero-order chi connectivity index (χ0) is 18.9. The molecule has 0 saturated heterocycles. The van der Waals surface area contributed by atoms with Gasteiger partial charge in [0.1, 0.15) is 0 Å². The zero-order valence-corrected chi connectivity index (χ0v) is 15.4. The van der Waals surface area contributed by atoms with E-state index in [1.165, 1.54) is 5.39 Å². The first kappa shape index (κ1) is 16.6. The molecule has 1 heterocycles. The van der Waals surface area contributed by atoms with Crippen LogP contribution in [0.4, 0.5) is 5.69 Å². The van der Waals surface area contributed by atoms with Gasteiger partial charge in [0, 0.05) is 12.2 Å². The van der Waals surface area contributed by atoms with Crippen molar-refractivity contribution in [1.29, 1.82) is 0 Å². The molecule has 0 aromatic heterocycles. The Bertz CT molecular complexity index is 1150. The number of rotatable bonds is 3. The van der Waals surface area contributed by atoms with E-state index in [1.807, 2.05) is 59.4 Å². The molecule has 0 saturated carbocycles. The Morgan fingerprint density at radius 2 is 1.46 bits per heavy atom.